The van der Waals surface area contributed by atoms with Gasteiger partial charge in [-0.25, -0.2) is 0 Å². The monoisotopic (exact) mass is 399 g/mol. The number of fused-ring (bicyclic) bond motifs is 1. The van der Waals surface area contributed by atoms with Gasteiger partial charge in [0.15, 0.2) is 5.69 Å². The SMILES string of the molecule is CCCC1CC2[C@@H](NC(=O)c3cnn(C(C)(C)C)c3C(F)(F)F)C2(CCC)C1. The van der Waals surface area contributed by atoms with E-state index in [0.717, 1.165) is 43.0 Å². The number of carbonyl (C=O) groups excluding carboxylic acids is 1. The van der Waals surface area contributed by atoms with Crippen LogP contribution in [0.25, 0.3) is 0 Å². The van der Waals surface area contributed by atoms with E-state index in [1.165, 1.54) is 6.42 Å². The molecule has 1 N–H and O–H groups in total. The van der Waals surface area contributed by atoms with Gasteiger partial charge in [-0.2, -0.15) is 18.3 Å². The maximum Gasteiger partial charge on any atom is 0.433 e. The van der Waals surface area contributed by atoms with Gasteiger partial charge in [-0.15, -0.1) is 0 Å². The van der Waals surface area contributed by atoms with E-state index in [2.05, 4.69) is 24.3 Å². The molecule has 0 aromatic carbocycles. The molecule has 0 radical (unpaired) electrons. The number of carbonyl (C=O) groups is 1. The molecule has 0 spiro atoms. The van der Waals surface area contributed by atoms with Gasteiger partial charge in [-0.05, 0) is 57.3 Å². The highest BCUT2D eigenvalue weighted by Gasteiger charge is 2.68. The zero-order valence-corrected chi connectivity index (χ0v) is 17.5. The Bertz CT molecular complexity index is 734. The zero-order chi connectivity index (χ0) is 20.9. The highest BCUT2D eigenvalue weighted by Crippen LogP contribution is 2.68. The summed E-state index contributed by atoms with van der Waals surface area (Å²) in [5.74, 6) is 0.439. The van der Waals surface area contributed by atoms with Crippen LogP contribution in [0.2, 0.25) is 0 Å². The second-order valence-corrected chi connectivity index (χ2v) is 9.62. The van der Waals surface area contributed by atoms with Crippen LogP contribution >= 0.6 is 0 Å². The Morgan fingerprint density at radius 1 is 1.29 bits per heavy atom. The number of hydrogen-bond donors (Lipinski definition) is 1. The summed E-state index contributed by atoms with van der Waals surface area (Å²) in [4.78, 5) is 12.8. The number of rotatable bonds is 6. The molecule has 2 aliphatic carbocycles. The van der Waals surface area contributed by atoms with E-state index in [1.54, 1.807) is 20.8 Å². The maximum atomic E-state index is 13.7. The fraction of sp³-hybridized carbons (Fsp3) is 0.810. The van der Waals surface area contributed by atoms with Crippen molar-refractivity contribution in [3.63, 3.8) is 0 Å². The predicted octanol–water partition coefficient (Wildman–Crippen LogP) is 5.38. The molecule has 1 aromatic rings. The van der Waals surface area contributed by atoms with Crippen LogP contribution < -0.4 is 5.32 Å². The van der Waals surface area contributed by atoms with E-state index in [4.69, 9.17) is 0 Å². The number of alkyl halides is 3. The normalized spacial score (nSPS) is 29.6. The number of halogens is 3. The van der Waals surface area contributed by atoms with E-state index in [-0.39, 0.29) is 17.0 Å². The minimum Gasteiger partial charge on any atom is -0.348 e. The van der Waals surface area contributed by atoms with E-state index in [0.29, 0.717) is 11.8 Å². The zero-order valence-electron chi connectivity index (χ0n) is 17.5. The van der Waals surface area contributed by atoms with Crippen LogP contribution in [0.1, 0.15) is 89.2 Å². The van der Waals surface area contributed by atoms with Gasteiger partial charge in [0, 0.05) is 6.04 Å². The lowest BCUT2D eigenvalue weighted by Gasteiger charge is -2.24. The summed E-state index contributed by atoms with van der Waals surface area (Å²) in [6, 6.07) is -0.00729. The van der Waals surface area contributed by atoms with Crippen molar-refractivity contribution in [1.29, 1.82) is 0 Å². The Morgan fingerprint density at radius 3 is 2.50 bits per heavy atom. The van der Waals surface area contributed by atoms with Crippen LogP contribution in [0.3, 0.4) is 0 Å². The minimum atomic E-state index is -4.64. The van der Waals surface area contributed by atoms with E-state index in [1.807, 2.05) is 0 Å². The molecule has 1 amide bonds. The summed E-state index contributed by atoms with van der Waals surface area (Å²) in [6.07, 6.45) is 2.98. The first-order valence-electron chi connectivity index (χ1n) is 10.4. The van der Waals surface area contributed by atoms with Crippen molar-refractivity contribution in [3.05, 3.63) is 17.5 Å². The molecule has 3 unspecified atom stereocenters. The molecule has 2 fully saturated rings. The molecule has 3 rings (SSSR count). The fourth-order valence-electron chi connectivity index (χ4n) is 5.50. The van der Waals surface area contributed by atoms with Crippen molar-refractivity contribution in [2.45, 2.75) is 90.9 Å². The standard InChI is InChI=1S/C21H32F3N3O/c1-6-8-13-10-15-16(20(15,11-13)9-7-2)26-18(28)14-12-25-27(19(3,4)5)17(14)21(22,23)24/h12-13,15-16H,6-11H2,1-5H3,(H,26,28)/t13?,15?,16-,20?/m1/s1. The number of aromatic nitrogens is 2. The van der Waals surface area contributed by atoms with Crippen molar-refractivity contribution in [1.82, 2.24) is 15.1 Å². The van der Waals surface area contributed by atoms with Crippen molar-refractivity contribution in [2.75, 3.05) is 0 Å². The number of amides is 1. The third-order valence-electron chi connectivity index (χ3n) is 6.52. The quantitative estimate of drug-likeness (QED) is 0.698. The van der Waals surface area contributed by atoms with Gasteiger partial charge in [-0.3, -0.25) is 9.48 Å². The smallest absolute Gasteiger partial charge is 0.348 e. The highest BCUT2D eigenvalue weighted by molar-refractivity contribution is 5.96. The second kappa shape index (κ2) is 7.06. The summed E-state index contributed by atoms with van der Waals surface area (Å²) >= 11 is 0. The first-order chi connectivity index (χ1) is 13.0. The van der Waals surface area contributed by atoms with Gasteiger partial charge in [0.1, 0.15) is 0 Å². The van der Waals surface area contributed by atoms with Crippen molar-refractivity contribution in [3.8, 4) is 0 Å². The van der Waals surface area contributed by atoms with Crippen LogP contribution in [-0.2, 0) is 11.7 Å². The molecule has 0 bridgehead atoms. The van der Waals surface area contributed by atoms with Gasteiger partial charge in [0.25, 0.3) is 5.91 Å². The molecule has 0 aliphatic heterocycles. The number of nitrogens with zero attached hydrogens (tertiary/aromatic N) is 2. The lowest BCUT2D eigenvalue weighted by Crippen LogP contribution is -2.34. The summed E-state index contributed by atoms with van der Waals surface area (Å²) in [7, 11) is 0. The number of nitrogens with one attached hydrogen (secondary N) is 1. The maximum absolute atomic E-state index is 13.7. The molecular formula is C21H32F3N3O. The molecule has 28 heavy (non-hydrogen) atoms. The second-order valence-electron chi connectivity index (χ2n) is 9.62. The highest BCUT2D eigenvalue weighted by atomic mass is 19.4. The Hall–Kier alpha value is -1.53. The lowest BCUT2D eigenvalue weighted by atomic mass is 9.89. The van der Waals surface area contributed by atoms with E-state index >= 15 is 0 Å². The van der Waals surface area contributed by atoms with Crippen LogP contribution in [0.5, 0.6) is 0 Å². The Labute approximate surface area is 165 Å². The first kappa shape index (κ1) is 21.2. The van der Waals surface area contributed by atoms with Crippen LogP contribution in [0.15, 0.2) is 6.20 Å². The van der Waals surface area contributed by atoms with Crippen LogP contribution in [-0.4, -0.2) is 21.7 Å². The van der Waals surface area contributed by atoms with Gasteiger partial charge in [-0.1, -0.05) is 33.1 Å². The van der Waals surface area contributed by atoms with Crippen molar-refractivity contribution >= 4 is 5.91 Å². The lowest BCUT2D eigenvalue weighted by molar-refractivity contribution is -0.146. The van der Waals surface area contributed by atoms with Crippen LogP contribution in [0, 0.1) is 17.3 Å². The van der Waals surface area contributed by atoms with E-state index < -0.39 is 23.3 Å². The first-order valence-corrected chi connectivity index (χ1v) is 10.4. The number of hydrogen-bond acceptors (Lipinski definition) is 2. The summed E-state index contributed by atoms with van der Waals surface area (Å²) in [5, 5.41) is 6.85. The third kappa shape index (κ3) is 3.57. The molecule has 2 aliphatic rings. The molecule has 4 atom stereocenters. The fourth-order valence-corrected chi connectivity index (χ4v) is 5.50. The van der Waals surface area contributed by atoms with Gasteiger partial charge < -0.3 is 5.32 Å². The minimum absolute atomic E-state index is 0.00729. The van der Waals surface area contributed by atoms with Crippen molar-refractivity contribution < 1.29 is 18.0 Å². The summed E-state index contributed by atoms with van der Waals surface area (Å²) in [6.45, 7) is 9.25. The average molecular weight is 400 g/mol. The van der Waals surface area contributed by atoms with Gasteiger partial charge >= 0.3 is 6.18 Å². The van der Waals surface area contributed by atoms with Gasteiger partial charge in [0.05, 0.1) is 17.3 Å². The van der Waals surface area contributed by atoms with E-state index in [9.17, 15) is 18.0 Å². The molecule has 4 nitrogen and oxygen atoms in total. The molecular weight excluding hydrogens is 367 g/mol. The molecule has 1 heterocycles. The Kier molecular flexibility index (Phi) is 5.34. The Balaban J connectivity index is 1.81. The molecule has 158 valence electrons. The van der Waals surface area contributed by atoms with Crippen molar-refractivity contribution in [2.24, 2.45) is 17.3 Å². The molecule has 2 saturated carbocycles. The third-order valence-corrected chi connectivity index (χ3v) is 6.52. The summed E-state index contributed by atoms with van der Waals surface area (Å²) < 4.78 is 42.0. The van der Waals surface area contributed by atoms with Crippen LogP contribution in [0.4, 0.5) is 13.2 Å². The molecule has 1 aromatic heterocycles. The predicted molar refractivity (Wildman–Crippen MR) is 102 cm³/mol. The summed E-state index contributed by atoms with van der Waals surface area (Å²) in [5.41, 5.74) is -2.11. The molecule has 7 heteroatoms. The van der Waals surface area contributed by atoms with Gasteiger partial charge in [0.2, 0.25) is 0 Å². The topological polar surface area (TPSA) is 46.9 Å². The average Bonchev–Trinajstić information content (AvgIpc) is 2.96. The Morgan fingerprint density at radius 2 is 1.96 bits per heavy atom. The molecule has 0 saturated heterocycles. The largest absolute Gasteiger partial charge is 0.433 e.